The summed E-state index contributed by atoms with van der Waals surface area (Å²) in [4.78, 5) is 17.9. The molecule has 2 aromatic carbocycles. The Hall–Kier alpha value is -3.62. The van der Waals surface area contributed by atoms with Crippen LogP contribution in [0.15, 0.2) is 41.2 Å². The van der Waals surface area contributed by atoms with E-state index in [0.29, 0.717) is 6.07 Å². The third kappa shape index (κ3) is 4.42. The van der Waals surface area contributed by atoms with Crippen molar-refractivity contribution >= 4 is 22.4 Å². The van der Waals surface area contributed by atoms with Gasteiger partial charge in [0.05, 0.1) is 5.52 Å². The summed E-state index contributed by atoms with van der Waals surface area (Å²) in [5, 5.41) is -0.270. The molecule has 1 N–H and O–H groups in total. The van der Waals surface area contributed by atoms with E-state index in [0.717, 1.165) is 30.3 Å². The van der Waals surface area contributed by atoms with E-state index in [1.54, 1.807) is 0 Å². The average Bonchev–Trinajstić information content (AvgIpc) is 3.54. The molecule has 34 heavy (non-hydrogen) atoms. The molecule has 0 amide bonds. The van der Waals surface area contributed by atoms with Gasteiger partial charge in [0.1, 0.15) is 17.0 Å². The monoisotopic (exact) mass is 487 g/mol. The highest BCUT2D eigenvalue weighted by Gasteiger charge is 2.62. The Morgan fingerprint density at radius 1 is 1.03 bits per heavy atom. The topological polar surface area (TPSA) is 49.0 Å². The quantitative estimate of drug-likeness (QED) is 0.297. The van der Waals surface area contributed by atoms with E-state index < -0.39 is 53.1 Å². The highest BCUT2D eigenvalue weighted by Crippen LogP contribution is 2.57. The van der Waals surface area contributed by atoms with Gasteiger partial charge >= 0.3 is 11.9 Å². The fraction of sp³-hybridized carbons (Fsp3) is 0.273. The van der Waals surface area contributed by atoms with E-state index in [1.165, 1.54) is 0 Å². The molecule has 12 heteroatoms. The molecule has 3 aromatic rings. The van der Waals surface area contributed by atoms with Crippen molar-refractivity contribution in [1.82, 2.24) is 9.97 Å². The molecule has 178 valence electrons. The highest BCUT2D eigenvalue weighted by molar-refractivity contribution is 5.91. The van der Waals surface area contributed by atoms with Gasteiger partial charge in [0.25, 0.3) is 6.43 Å². The molecule has 1 aromatic heterocycles. The molecule has 1 fully saturated rings. The van der Waals surface area contributed by atoms with Crippen molar-refractivity contribution in [3.05, 3.63) is 64.1 Å². The summed E-state index contributed by atoms with van der Waals surface area (Å²) in [6, 6.07) is 5.10. The van der Waals surface area contributed by atoms with Crippen molar-refractivity contribution in [3.8, 4) is 11.8 Å². The number of benzene rings is 2. The van der Waals surface area contributed by atoms with Crippen LogP contribution < -0.4 is 10.6 Å². The van der Waals surface area contributed by atoms with Crippen LogP contribution in [0.25, 0.3) is 10.9 Å². The van der Waals surface area contributed by atoms with Gasteiger partial charge in [-0.15, -0.1) is 0 Å². The zero-order chi connectivity index (χ0) is 24.8. The predicted octanol–water partition coefficient (Wildman–Crippen LogP) is 5.59. The number of H-pyrrole nitrogens is 1. The van der Waals surface area contributed by atoms with Crippen LogP contribution in [-0.2, 0) is 0 Å². The minimum atomic E-state index is -4.61. The number of aromatic nitrogens is 2. The molecular formula is C22H13F8N3O. The van der Waals surface area contributed by atoms with Gasteiger partial charge in [0.2, 0.25) is 6.30 Å². The van der Waals surface area contributed by atoms with Gasteiger partial charge in [0.15, 0.2) is 5.82 Å². The Morgan fingerprint density at radius 2 is 1.74 bits per heavy atom. The number of nitrogens with one attached hydrogen (secondary N) is 1. The van der Waals surface area contributed by atoms with Crippen LogP contribution in [0.5, 0.6) is 0 Å². The van der Waals surface area contributed by atoms with E-state index in [9.17, 15) is 39.9 Å². The number of aromatic amines is 1. The molecular weight excluding hydrogens is 474 g/mol. The van der Waals surface area contributed by atoms with Crippen LogP contribution in [-0.4, -0.2) is 28.9 Å². The smallest absolute Gasteiger partial charge is 0.305 e. The number of fused-ring (bicyclic) bond motifs is 1. The maximum Gasteiger partial charge on any atom is 0.405 e. The predicted molar refractivity (Wildman–Crippen MR) is 106 cm³/mol. The van der Waals surface area contributed by atoms with E-state index in [-0.39, 0.29) is 34.2 Å². The van der Waals surface area contributed by atoms with Crippen molar-refractivity contribution < 1.29 is 35.1 Å². The number of hydrogen-bond donors (Lipinski definition) is 1. The highest BCUT2D eigenvalue weighted by atomic mass is 19.4. The van der Waals surface area contributed by atoms with Gasteiger partial charge < -0.3 is 4.98 Å². The molecule has 1 aliphatic carbocycles. The van der Waals surface area contributed by atoms with Gasteiger partial charge in [-0.2, -0.15) is 18.2 Å². The molecule has 0 saturated heterocycles. The zero-order valence-corrected chi connectivity index (χ0v) is 16.9. The second-order valence-electron chi connectivity index (χ2n) is 7.66. The molecule has 0 aliphatic heterocycles. The number of halogens is 8. The molecule has 0 radical (unpaired) electrons. The number of hydrogen-bond acceptors (Lipinski definition) is 3. The third-order valence-corrected chi connectivity index (χ3v) is 5.25. The van der Waals surface area contributed by atoms with Gasteiger partial charge in [-0.25, -0.2) is 26.7 Å². The second kappa shape index (κ2) is 8.30. The molecule has 1 heterocycles. The number of nitrogens with zero attached hydrogens (tertiary/aromatic N) is 2. The first-order valence-electron chi connectivity index (χ1n) is 9.72. The third-order valence-electron chi connectivity index (χ3n) is 5.25. The van der Waals surface area contributed by atoms with E-state index in [1.807, 2.05) is 5.92 Å². The average molecular weight is 487 g/mol. The summed E-state index contributed by atoms with van der Waals surface area (Å²) >= 11 is 0. The lowest BCUT2D eigenvalue weighted by Crippen LogP contribution is -2.35. The van der Waals surface area contributed by atoms with Crippen molar-refractivity contribution in [2.24, 2.45) is 5.41 Å². The molecule has 1 atom stereocenters. The summed E-state index contributed by atoms with van der Waals surface area (Å²) in [7, 11) is 0. The lowest BCUT2D eigenvalue weighted by atomic mass is 10.1. The maximum absolute atomic E-state index is 14.7. The Bertz CT molecular complexity index is 1370. The molecule has 4 nitrogen and oxygen atoms in total. The van der Waals surface area contributed by atoms with Crippen LogP contribution in [0, 0.1) is 28.9 Å². The van der Waals surface area contributed by atoms with Gasteiger partial charge in [-0.1, -0.05) is 11.8 Å². The summed E-state index contributed by atoms with van der Waals surface area (Å²) in [5.41, 5.74) is -4.36. The fourth-order valence-electron chi connectivity index (χ4n) is 3.37. The SMILES string of the molecule is O=c1nc(N(c2cc(F)cc(C#CC3(C(F)(F)F)CC3)c2)C(F)C(F)F)c2cc(F)ccc2[nH]1. The van der Waals surface area contributed by atoms with Gasteiger partial charge in [-0.3, -0.25) is 4.90 Å². The fourth-order valence-corrected chi connectivity index (χ4v) is 3.37. The summed E-state index contributed by atoms with van der Waals surface area (Å²) < 4.78 is 109. The lowest BCUT2D eigenvalue weighted by Gasteiger charge is -2.28. The molecule has 1 saturated carbocycles. The number of anilines is 2. The first kappa shape index (κ1) is 23.5. The Morgan fingerprint density at radius 3 is 2.35 bits per heavy atom. The Kier molecular flexibility index (Phi) is 5.75. The molecule has 0 bridgehead atoms. The molecule has 1 aliphatic rings. The Balaban J connectivity index is 1.89. The first-order chi connectivity index (χ1) is 15.9. The van der Waals surface area contributed by atoms with Crippen molar-refractivity contribution in [2.45, 2.75) is 31.7 Å². The van der Waals surface area contributed by atoms with Crippen molar-refractivity contribution in [3.63, 3.8) is 0 Å². The van der Waals surface area contributed by atoms with Gasteiger partial charge in [-0.05, 0) is 49.2 Å². The standard InChI is InChI=1S/C22H13F8N3O/c23-12-1-2-16-15(10-12)19(32-20(34)31-16)33(18(27)17(25)26)14-8-11(7-13(24)9-14)3-4-21(5-6-21)22(28,29)30/h1-2,7-10,17-18H,5-6H2,(H,31,32,34). The molecule has 4 rings (SSSR count). The number of rotatable bonds is 4. The van der Waals surface area contributed by atoms with E-state index in [4.69, 9.17) is 0 Å². The van der Waals surface area contributed by atoms with Crippen molar-refractivity contribution in [2.75, 3.05) is 4.90 Å². The number of alkyl halides is 6. The van der Waals surface area contributed by atoms with Crippen LogP contribution in [0.3, 0.4) is 0 Å². The Labute approximate surface area is 186 Å². The van der Waals surface area contributed by atoms with Crippen LogP contribution in [0.2, 0.25) is 0 Å². The van der Waals surface area contributed by atoms with Crippen LogP contribution in [0.4, 0.5) is 46.6 Å². The lowest BCUT2D eigenvalue weighted by molar-refractivity contribution is -0.168. The minimum absolute atomic E-state index is 0.0693. The van der Waals surface area contributed by atoms with Crippen LogP contribution in [0.1, 0.15) is 18.4 Å². The van der Waals surface area contributed by atoms with Gasteiger partial charge in [0, 0.05) is 16.6 Å². The molecule has 1 unspecified atom stereocenters. The van der Waals surface area contributed by atoms with Crippen LogP contribution >= 0.6 is 0 Å². The summed E-state index contributed by atoms with van der Waals surface area (Å²) in [6.45, 7) is 0. The van der Waals surface area contributed by atoms with Crippen molar-refractivity contribution in [1.29, 1.82) is 0 Å². The van der Waals surface area contributed by atoms with E-state index >= 15 is 0 Å². The largest absolute Gasteiger partial charge is 0.405 e. The zero-order valence-electron chi connectivity index (χ0n) is 16.9. The maximum atomic E-state index is 14.7. The molecule has 0 spiro atoms. The normalized spacial score (nSPS) is 15.7. The van der Waals surface area contributed by atoms with E-state index in [2.05, 4.69) is 15.9 Å². The first-order valence-corrected chi connectivity index (χ1v) is 9.72. The summed E-state index contributed by atoms with van der Waals surface area (Å²) in [6.07, 6.45) is -12.0. The minimum Gasteiger partial charge on any atom is -0.305 e. The summed E-state index contributed by atoms with van der Waals surface area (Å²) in [5.74, 6) is 1.48. The second-order valence-corrected chi connectivity index (χ2v) is 7.66.